The van der Waals surface area contributed by atoms with Crippen molar-refractivity contribution in [2.45, 2.75) is 25.1 Å². The number of carboxylic acids is 1. The number of carboxylic acid groups (broad SMARTS) is 1. The Bertz CT molecular complexity index is 533. The Hall–Kier alpha value is -1.33. The molecule has 1 atom stereocenters. The predicted octanol–water partition coefficient (Wildman–Crippen LogP) is 3.25. The average molecular weight is 309 g/mol. The molecule has 0 amide bonds. The smallest absolute Gasteiger partial charge is 0.328 e. The molecule has 1 heterocycles. The summed E-state index contributed by atoms with van der Waals surface area (Å²) in [6.07, 6.45) is 3.67. The lowest BCUT2D eigenvalue weighted by atomic mass is 10.1. The Labute approximate surface area is 128 Å². The van der Waals surface area contributed by atoms with E-state index in [1.54, 1.807) is 6.07 Å². The molecule has 1 N–H and O–H groups in total. The first-order valence-electron chi connectivity index (χ1n) is 7.12. The van der Waals surface area contributed by atoms with Gasteiger partial charge in [-0.2, -0.15) is 11.8 Å². The van der Waals surface area contributed by atoms with Gasteiger partial charge in [-0.1, -0.05) is 13.0 Å². The van der Waals surface area contributed by atoms with Crippen LogP contribution in [0.1, 0.15) is 24.5 Å². The third-order valence-corrected chi connectivity index (χ3v) is 4.96. The lowest BCUT2D eigenvalue weighted by Gasteiger charge is -2.32. The Morgan fingerprint density at radius 3 is 3.10 bits per heavy atom. The maximum atomic E-state index is 13.4. The lowest BCUT2D eigenvalue weighted by molar-refractivity contribution is -0.131. The Morgan fingerprint density at radius 1 is 1.57 bits per heavy atom. The number of rotatable bonds is 5. The molecule has 1 aromatic carbocycles. The highest BCUT2D eigenvalue weighted by atomic mass is 32.2. The van der Waals surface area contributed by atoms with Crippen molar-refractivity contribution < 1.29 is 14.3 Å². The van der Waals surface area contributed by atoms with Crippen molar-refractivity contribution in [3.05, 3.63) is 41.2 Å². The third kappa shape index (κ3) is 4.86. The SMILES string of the molecule is CCC1CN(Cc2ccc(F)cc2/C=C/C(=O)O)CCS1. The molecule has 3 nitrogen and oxygen atoms in total. The van der Waals surface area contributed by atoms with E-state index in [9.17, 15) is 9.18 Å². The number of hydrogen-bond acceptors (Lipinski definition) is 3. The summed E-state index contributed by atoms with van der Waals surface area (Å²) in [5.74, 6) is -0.255. The first-order valence-corrected chi connectivity index (χ1v) is 8.16. The van der Waals surface area contributed by atoms with Crippen LogP contribution in [0.25, 0.3) is 6.08 Å². The number of thioether (sulfide) groups is 1. The summed E-state index contributed by atoms with van der Waals surface area (Å²) >= 11 is 2.00. The van der Waals surface area contributed by atoms with Crippen molar-refractivity contribution in [3.8, 4) is 0 Å². The topological polar surface area (TPSA) is 40.5 Å². The minimum atomic E-state index is -1.02. The van der Waals surface area contributed by atoms with Crippen LogP contribution in [0.5, 0.6) is 0 Å². The van der Waals surface area contributed by atoms with Crippen LogP contribution < -0.4 is 0 Å². The summed E-state index contributed by atoms with van der Waals surface area (Å²) in [6.45, 7) is 4.97. The fourth-order valence-corrected chi connectivity index (χ4v) is 3.69. The minimum Gasteiger partial charge on any atom is -0.478 e. The molecular weight excluding hydrogens is 289 g/mol. The highest BCUT2D eigenvalue weighted by Gasteiger charge is 2.19. The van der Waals surface area contributed by atoms with Crippen molar-refractivity contribution in [3.63, 3.8) is 0 Å². The van der Waals surface area contributed by atoms with E-state index < -0.39 is 5.97 Å². The molecule has 0 saturated carbocycles. The van der Waals surface area contributed by atoms with Crippen LogP contribution in [0.2, 0.25) is 0 Å². The molecule has 1 aliphatic rings. The second-order valence-electron chi connectivity index (χ2n) is 5.15. The Morgan fingerprint density at radius 2 is 2.38 bits per heavy atom. The molecule has 1 unspecified atom stereocenters. The number of hydrogen-bond donors (Lipinski definition) is 1. The molecule has 114 valence electrons. The van der Waals surface area contributed by atoms with E-state index in [0.29, 0.717) is 10.8 Å². The van der Waals surface area contributed by atoms with Crippen LogP contribution in [-0.2, 0) is 11.3 Å². The first kappa shape index (κ1) is 16.0. The van der Waals surface area contributed by atoms with E-state index in [1.165, 1.54) is 18.2 Å². The van der Waals surface area contributed by atoms with Gasteiger partial charge in [0, 0.05) is 36.7 Å². The summed E-state index contributed by atoms with van der Waals surface area (Å²) in [7, 11) is 0. The summed E-state index contributed by atoms with van der Waals surface area (Å²) in [4.78, 5) is 13.0. The molecule has 0 aliphatic carbocycles. The van der Waals surface area contributed by atoms with Crippen LogP contribution in [0, 0.1) is 5.82 Å². The number of carbonyl (C=O) groups is 1. The van der Waals surface area contributed by atoms with E-state index in [4.69, 9.17) is 5.11 Å². The highest BCUT2D eigenvalue weighted by molar-refractivity contribution is 8.00. The second-order valence-corrected chi connectivity index (χ2v) is 6.56. The van der Waals surface area contributed by atoms with Gasteiger partial charge in [0.25, 0.3) is 0 Å². The van der Waals surface area contributed by atoms with Crippen LogP contribution >= 0.6 is 11.8 Å². The van der Waals surface area contributed by atoms with Crippen molar-refractivity contribution >= 4 is 23.8 Å². The Balaban J connectivity index is 2.13. The number of halogens is 1. The molecule has 1 aromatic rings. The fourth-order valence-electron chi connectivity index (χ4n) is 2.44. The van der Waals surface area contributed by atoms with Gasteiger partial charge >= 0.3 is 5.97 Å². The normalized spacial score (nSPS) is 20.0. The molecule has 5 heteroatoms. The zero-order valence-electron chi connectivity index (χ0n) is 12.1. The van der Waals surface area contributed by atoms with E-state index in [-0.39, 0.29) is 5.82 Å². The number of aliphatic carboxylic acids is 1. The molecule has 1 aliphatic heterocycles. The average Bonchev–Trinajstić information content (AvgIpc) is 2.47. The predicted molar refractivity (Wildman–Crippen MR) is 84.9 cm³/mol. The van der Waals surface area contributed by atoms with E-state index >= 15 is 0 Å². The first-order chi connectivity index (χ1) is 10.1. The highest BCUT2D eigenvalue weighted by Crippen LogP contribution is 2.23. The fraction of sp³-hybridized carbons (Fsp3) is 0.438. The summed E-state index contributed by atoms with van der Waals surface area (Å²) in [5.41, 5.74) is 1.61. The van der Waals surface area contributed by atoms with Crippen LogP contribution in [-0.4, -0.2) is 40.1 Å². The minimum absolute atomic E-state index is 0.343. The molecule has 21 heavy (non-hydrogen) atoms. The van der Waals surface area contributed by atoms with Gasteiger partial charge in [-0.25, -0.2) is 9.18 Å². The quantitative estimate of drug-likeness (QED) is 0.848. The van der Waals surface area contributed by atoms with Gasteiger partial charge in [-0.05, 0) is 35.8 Å². The van der Waals surface area contributed by atoms with Gasteiger partial charge in [0.2, 0.25) is 0 Å². The van der Waals surface area contributed by atoms with Gasteiger partial charge in [-0.3, -0.25) is 4.90 Å². The van der Waals surface area contributed by atoms with Gasteiger partial charge in [0.1, 0.15) is 5.82 Å². The van der Waals surface area contributed by atoms with Gasteiger partial charge in [-0.15, -0.1) is 0 Å². The summed E-state index contributed by atoms with van der Waals surface area (Å²) < 4.78 is 13.4. The number of nitrogens with zero attached hydrogens (tertiary/aromatic N) is 1. The largest absolute Gasteiger partial charge is 0.478 e. The lowest BCUT2D eigenvalue weighted by Crippen LogP contribution is -2.37. The molecule has 0 spiro atoms. The number of benzene rings is 1. The summed E-state index contributed by atoms with van der Waals surface area (Å²) in [5, 5.41) is 9.38. The van der Waals surface area contributed by atoms with Gasteiger partial charge < -0.3 is 5.11 Å². The second kappa shape index (κ2) is 7.61. The van der Waals surface area contributed by atoms with Crippen LogP contribution in [0.15, 0.2) is 24.3 Å². The molecule has 0 radical (unpaired) electrons. The molecule has 0 bridgehead atoms. The molecule has 0 aromatic heterocycles. The standard InChI is InChI=1S/C16H20FNO2S/c1-2-15-11-18(7-8-21-15)10-13-3-5-14(17)9-12(13)4-6-16(19)20/h3-6,9,15H,2,7-8,10-11H2,1H3,(H,19,20)/b6-4+. The maximum absolute atomic E-state index is 13.4. The summed E-state index contributed by atoms with van der Waals surface area (Å²) in [6, 6.07) is 4.58. The molecular formula is C16H20FNO2S. The van der Waals surface area contributed by atoms with Crippen molar-refractivity contribution in [1.29, 1.82) is 0 Å². The zero-order chi connectivity index (χ0) is 15.2. The van der Waals surface area contributed by atoms with Crippen molar-refractivity contribution in [2.75, 3.05) is 18.8 Å². The van der Waals surface area contributed by atoms with Gasteiger partial charge in [0.15, 0.2) is 0 Å². The molecule has 1 saturated heterocycles. The molecule has 2 rings (SSSR count). The zero-order valence-corrected chi connectivity index (χ0v) is 12.9. The van der Waals surface area contributed by atoms with Crippen molar-refractivity contribution in [1.82, 2.24) is 4.90 Å². The molecule has 1 fully saturated rings. The van der Waals surface area contributed by atoms with E-state index in [1.807, 2.05) is 11.8 Å². The van der Waals surface area contributed by atoms with E-state index in [0.717, 1.165) is 43.4 Å². The van der Waals surface area contributed by atoms with Crippen LogP contribution in [0.3, 0.4) is 0 Å². The van der Waals surface area contributed by atoms with Gasteiger partial charge in [0.05, 0.1) is 0 Å². The van der Waals surface area contributed by atoms with Crippen LogP contribution in [0.4, 0.5) is 4.39 Å². The van der Waals surface area contributed by atoms with E-state index in [2.05, 4.69) is 11.8 Å². The third-order valence-electron chi connectivity index (χ3n) is 3.59. The maximum Gasteiger partial charge on any atom is 0.328 e. The van der Waals surface area contributed by atoms with Crippen molar-refractivity contribution in [2.24, 2.45) is 0 Å². The monoisotopic (exact) mass is 309 g/mol. The Kier molecular flexibility index (Phi) is 5.82.